The molecule has 2 atom stereocenters. The lowest BCUT2D eigenvalue weighted by atomic mass is 9.54. The molecule has 0 spiro atoms. The van der Waals surface area contributed by atoms with Crippen LogP contribution in [0.5, 0.6) is 5.75 Å². The van der Waals surface area contributed by atoms with Crippen LogP contribution in [-0.4, -0.2) is 41.8 Å². The molecule has 2 aromatic rings. The van der Waals surface area contributed by atoms with E-state index >= 15 is 0 Å². The fourth-order valence-electron chi connectivity index (χ4n) is 3.78. The average molecular weight is 371 g/mol. The average Bonchev–Trinajstić information content (AvgIpc) is 2.65. The summed E-state index contributed by atoms with van der Waals surface area (Å²) in [6, 6.07) is 13.3. The van der Waals surface area contributed by atoms with Crippen molar-refractivity contribution in [3.63, 3.8) is 0 Å². The van der Waals surface area contributed by atoms with Crippen LogP contribution in [0.4, 0.5) is 0 Å². The number of aliphatic carboxylic acids is 1. The summed E-state index contributed by atoms with van der Waals surface area (Å²) in [4.78, 5) is 24.4. The monoisotopic (exact) mass is 371 g/mol. The Balaban J connectivity index is 1.70. The van der Waals surface area contributed by atoms with Gasteiger partial charge in [-0.15, -0.1) is 0 Å². The summed E-state index contributed by atoms with van der Waals surface area (Å²) in [6.07, 6.45) is 0.0290. The van der Waals surface area contributed by atoms with E-state index in [0.29, 0.717) is 12.4 Å². The third-order valence-corrected chi connectivity index (χ3v) is 5.59. The second-order valence-corrected chi connectivity index (χ2v) is 7.39. The van der Waals surface area contributed by atoms with Crippen LogP contribution in [0.15, 0.2) is 42.5 Å². The number of carboxylic acid groups (broad SMARTS) is 1. The number of carboxylic acids is 1. The van der Waals surface area contributed by atoms with Crippen LogP contribution in [-0.2, 0) is 14.3 Å². The van der Waals surface area contributed by atoms with Crippen LogP contribution < -0.4 is 10.1 Å². The molecule has 0 heterocycles. The minimum Gasteiger partial charge on any atom is -0.483 e. The van der Waals surface area contributed by atoms with Gasteiger partial charge < -0.3 is 19.9 Å². The maximum atomic E-state index is 12.5. The van der Waals surface area contributed by atoms with Crippen molar-refractivity contribution in [1.82, 2.24) is 5.32 Å². The maximum Gasteiger partial charge on any atom is 0.330 e. The van der Waals surface area contributed by atoms with Crippen molar-refractivity contribution in [2.75, 3.05) is 13.2 Å². The minimum absolute atomic E-state index is 0.210. The van der Waals surface area contributed by atoms with Crippen molar-refractivity contribution < 1.29 is 24.2 Å². The summed E-state index contributed by atoms with van der Waals surface area (Å²) in [7, 11) is 0. The summed E-state index contributed by atoms with van der Waals surface area (Å²) >= 11 is 0. The fourth-order valence-corrected chi connectivity index (χ4v) is 3.78. The van der Waals surface area contributed by atoms with Crippen molar-refractivity contribution in [2.45, 2.75) is 38.8 Å². The topological polar surface area (TPSA) is 84.9 Å². The van der Waals surface area contributed by atoms with Crippen molar-refractivity contribution in [2.24, 2.45) is 5.41 Å². The standard InChI is InChI=1S/C21H25NO5/c1-4-26-17-12-21(19(24)25,20(17,2)3)22-18(23)13-27-16-11-7-9-14-8-5-6-10-15(14)16/h5-11,17H,4,12-13H2,1-3H3,(H,22,23)(H,24,25). The van der Waals surface area contributed by atoms with Crippen LogP contribution in [0.25, 0.3) is 10.8 Å². The molecule has 2 aromatic carbocycles. The SMILES string of the molecule is CCOC1CC(NC(=O)COc2cccc3ccccc23)(C(=O)O)C1(C)C. The van der Waals surface area contributed by atoms with E-state index in [1.54, 1.807) is 19.9 Å². The van der Waals surface area contributed by atoms with Crippen molar-refractivity contribution >= 4 is 22.6 Å². The molecule has 1 saturated carbocycles. The number of amides is 1. The maximum absolute atomic E-state index is 12.5. The number of benzene rings is 2. The Morgan fingerprint density at radius 1 is 1.19 bits per heavy atom. The number of ether oxygens (including phenoxy) is 2. The van der Waals surface area contributed by atoms with Crippen LogP contribution in [0.2, 0.25) is 0 Å². The Hall–Kier alpha value is -2.60. The van der Waals surface area contributed by atoms with Crippen molar-refractivity contribution in [3.8, 4) is 5.75 Å². The predicted molar refractivity (Wildman–Crippen MR) is 102 cm³/mol. The number of hydrogen-bond acceptors (Lipinski definition) is 4. The van der Waals surface area contributed by atoms with E-state index in [2.05, 4.69) is 5.32 Å². The van der Waals surface area contributed by atoms with Crippen LogP contribution >= 0.6 is 0 Å². The van der Waals surface area contributed by atoms with E-state index in [9.17, 15) is 14.7 Å². The zero-order chi connectivity index (χ0) is 19.7. The zero-order valence-corrected chi connectivity index (χ0v) is 15.8. The molecule has 2 unspecified atom stereocenters. The van der Waals surface area contributed by atoms with Crippen molar-refractivity contribution in [1.29, 1.82) is 0 Å². The molecule has 27 heavy (non-hydrogen) atoms. The van der Waals surface area contributed by atoms with Gasteiger partial charge in [0.15, 0.2) is 6.61 Å². The lowest BCUT2D eigenvalue weighted by Crippen LogP contribution is -2.76. The van der Waals surface area contributed by atoms with Gasteiger partial charge in [0.1, 0.15) is 11.3 Å². The number of carbonyl (C=O) groups excluding carboxylic acids is 1. The highest BCUT2D eigenvalue weighted by Crippen LogP contribution is 2.51. The smallest absolute Gasteiger partial charge is 0.330 e. The molecule has 1 aliphatic rings. The highest BCUT2D eigenvalue weighted by Gasteiger charge is 2.66. The Morgan fingerprint density at radius 2 is 1.89 bits per heavy atom. The molecule has 144 valence electrons. The molecule has 0 saturated heterocycles. The first-order chi connectivity index (χ1) is 12.8. The molecule has 1 aliphatic carbocycles. The number of hydrogen-bond donors (Lipinski definition) is 2. The lowest BCUT2D eigenvalue weighted by Gasteiger charge is -2.58. The molecular formula is C21H25NO5. The zero-order valence-electron chi connectivity index (χ0n) is 15.8. The van der Waals surface area contributed by atoms with Gasteiger partial charge in [-0.1, -0.05) is 50.2 Å². The van der Waals surface area contributed by atoms with Crippen molar-refractivity contribution in [3.05, 3.63) is 42.5 Å². The van der Waals surface area contributed by atoms with Crippen LogP contribution in [0.1, 0.15) is 27.2 Å². The minimum atomic E-state index is -1.36. The molecule has 0 aliphatic heterocycles. The Bertz CT molecular complexity index is 857. The number of carbonyl (C=O) groups is 2. The highest BCUT2D eigenvalue weighted by atomic mass is 16.5. The van der Waals surface area contributed by atoms with Gasteiger partial charge in [-0.25, -0.2) is 4.79 Å². The molecule has 2 N–H and O–H groups in total. The number of rotatable bonds is 7. The van der Waals surface area contributed by atoms with Crippen LogP contribution in [0.3, 0.4) is 0 Å². The second kappa shape index (κ2) is 7.19. The van der Waals surface area contributed by atoms with Crippen LogP contribution in [0, 0.1) is 5.41 Å². The predicted octanol–water partition coefficient (Wildman–Crippen LogP) is 2.99. The molecule has 1 fully saturated rings. The molecule has 0 bridgehead atoms. The number of nitrogens with one attached hydrogen (secondary N) is 1. The third-order valence-electron chi connectivity index (χ3n) is 5.59. The molecule has 3 rings (SSSR count). The van der Waals surface area contributed by atoms with E-state index in [1.165, 1.54) is 0 Å². The summed E-state index contributed by atoms with van der Waals surface area (Å²) in [5, 5.41) is 14.4. The Kier molecular flexibility index (Phi) is 5.11. The normalized spacial score (nSPS) is 23.4. The Morgan fingerprint density at radius 3 is 2.56 bits per heavy atom. The van der Waals surface area contributed by atoms with Gasteiger partial charge >= 0.3 is 5.97 Å². The quantitative estimate of drug-likeness (QED) is 0.782. The number of fused-ring (bicyclic) bond motifs is 1. The first-order valence-electron chi connectivity index (χ1n) is 9.08. The second-order valence-electron chi connectivity index (χ2n) is 7.39. The van der Waals surface area contributed by atoms with Gasteiger partial charge in [0.05, 0.1) is 6.10 Å². The fraction of sp³-hybridized carbons (Fsp3) is 0.429. The first kappa shape index (κ1) is 19.2. The van der Waals surface area contributed by atoms with Gasteiger partial charge in [-0.3, -0.25) is 4.79 Å². The molecule has 6 nitrogen and oxygen atoms in total. The van der Waals surface area contributed by atoms with E-state index in [-0.39, 0.29) is 19.1 Å². The summed E-state index contributed by atoms with van der Waals surface area (Å²) in [5.41, 5.74) is -2.07. The van der Waals surface area contributed by atoms with E-state index in [4.69, 9.17) is 9.47 Å². The van der Waals surface area contributed by atoms with Gasteiger partial charge in [-0.05, 0) is 18.4 Å². The molecular weight excluding hydrogens is 346 g/mol. The summed E-state index contributed by atoms with van der Waals surface area (Å²) in [6.45, 7) is 5.72. The van der Waals surface area contributed by atoms with E-state index in [1.807, 2.05) is 43.3 Å². The van der Waals surface area contributed by atoms with Gasteiger partial charge in [0, 0.05) is 23.8 Å². The van der Waals surface area contributed by atoms with E-state index < -0.39 is 22.8 Å². The van der Waals surface area contributed by atoms with Gasteiger partial charge in [-0.2, -0.15) is 0 Å². The first-order valence-corrected chi connectivity index (χ1v) is 9.08. The molecule has 0 aromatic heterocycles. The molecule has 1 amide bonds. The summed E-state index contributed by atoms with van der Waals surface area (Å²) in [5.74, 6) is -0.928. The van der Waals surface area contributed by atoms with Gasteiger partial charge in [0.25, 0.3) is 5.91 Å². The largest absolute Gasteiger partial charge is 0.483 e. The Labute approximate surface area is 158 Å². The molecule has 0 radical (unpaired) electrons. The summed E-state index contributed by atoms with van der Waals surface area (Å²) < 4.78 is 11.3. The third kappa shape index (κ3) is 3.25. The lowest BCUT2D eigenvalue weighted by molar-refractivity contribution is -0.194. The highest BCUT2D eigenvalue weighted by molar-refractivity contribution is 5.91. The molecule has 6 heteroatoms. The van der Waals surface area contributed by atoms with E-state index in [0.717, 1.165) is 10.8 Å². The van der Waals surface area contributed by atoms with Gasteiger partial charge in [0.2, 0.25) is 0 Å².